The second-order valence-electron chi connectivity index (χ2n) is 3.42. The summed E-state index contributed by atoms with van der Waals surface area (Å²) in [5.41, 5.74) is 1.93. The topological polar surface area (TPSA) is 29.5 Å². The third-order valence-corrected chi connectivity index (χ3v) is 3.42. The van der Waals surface area contributed by atoms with Gasteiger partial charge in [0.05, 0.1) is 13.2 Å². The van der Waals surface area contributed by atoms with Crippen LogP contribution in [0.25, 0.3) is 0 Å². The maximum atomic E-state index is 10.7. The van der Waals surface area contributed by atoms with E-state index in [0.29, 0.717) is 0 Å². The number of nitrogens with zero attached hydrogens (tertiary/aromatic N) is 1. The second kappa shape index (κ2) is 4.94. The van der Waals surface area contributed by atoms with Crippen molar-refractivity contribution >= 4 is 34.6 Å². The van der Waals surface area contributed by atoms with Gasteiger partial charge in [-0.1, -0.05) is 0 Å². The molecule has 0 radical (unpaired) electrons. The number of aldehydes is 1. The summed E-state index contributed by atoms with van der Waals surface area (Å²) in [6.45, 7) is 3.42. The van der Waals surface area contributed by atoms with E-state index in [1.807, 2.05) is 12.1 Å². The summed E-state index contributed by atoms with van der Waals surface area (Å²) < 4.78 is 6.30. The summed E-state index contributed by atoms with van der Waals surface area (Å²) in [5, 5.41) is 0. The Hall–Kier alpha value is -0.620. The number of carbonyl (C=O) groups is 1. The molecule has 80 valence electrons. The third-order valence-electron chi connectivity index (χ3n) is 2.49. The molecule has 0 atom stereocenters. The minimum Gasteiger partial charge on any atom is -0.378 e. The molecule has 1 aromatic rings. The molecule has 15 heavy (non-hydrogen) atoms. The number of anilines is 1. The van der Waals surface area contributed by atoms with Crippen LogP contribution < -0.4 is 4.90 Å². The summed E-state index contributed by atoms with van der Waals surface area (Å²) in [6, 6.07) is 5.92. The van der Waals surface area contributed by atoms with Crippen molar-refractivity contribution in [1.82, 2.24) is 0 Å². The van der Waals surface area contributed by atoms with E-state index in [9.17, 15) is 4.79 Å². The Balaban J connectivity index is 2.21. The number of rotatable bonds is 2. The van der Waals surface area contributed by atoms with Crippen molar-refractivity contribution in [2.24, 2.45) is 0 Å². The van der Waals surface area contributed by atoms with Crippen LogP contribution in [-0.4, -0.2) is 32.6 Å². The Kier molecular flexibility index (Phi) is 3.58. The Bertz CT molecular complexity index is 362. The van der Waals surface area contributed by atoms with E-state index in [-0.39, 0.29) is 0 Å². The highest BCUT2D eigenvalue weighted by Crippen LogP contribution is 2.21. The molecular weight excluding hydrogens is 305 g/mol. The molecule has 1 fully saturated rings. The lowest BCUT2D eigenvalue weighted by molar-refractivity contribution is 0.112. The summed E-state index contributed by atoms with van der Waals surface area (Å²) in [7, 11) is 0. The lowest BCUT2D eigenvalue weighted by Crippen LogP contribution is -2.36. The number of morpholine rings is 1. The molecule has 1 aliphatic rings. The minimum atomic E-state index is 0.757. The molecule has 0 unspecified atom stereocenters. The molecule has 3 nitrogen and oxygen atoms in total. The monoisotopic (exact) mass is 317 g/mol. The van der Waals surface area contributed by atoms with Crippen molar-refractivity contribution in [3.05, 3.63) is 27.3 Å². The fourth-order valence-corrected chi connectivity index (χ4v) is 2.26. The molecule has 1 saturated heterocycles. The zero-order chi connectivity index (χ0) is 10.7. The number of ether oxygens (including phenoxy) is 1. The summed E-state index contributed by atoms with van der Waals surface area (Å²) in [4.78, 5) is 13.0. The number of halogens is 1. The van der Waals surface area contributed by atoms with Gasteiger partial charge in [0, 0.05) is 27.9 Å². The van der Waals surface area contributed by atoms with Gasteiger partial charge in [0.2, 0.25) is 0 Å². The van der Waals surface area contributed by atoms with Gasteiger partial charge in [-0.2, -0.15) is 0 Å². The van der Waals surface area contributed by atoms with Crippen molar-refractivity contribution in [2.45, 2.75) is 0 Å². The first-order valence-corrected chi connectivity index (χ1v) is 5.96. The normalized spacial score (nSPS) is 16.5. The average Bonchev–Trinajstić information content (AvgIpc) is 2.30. The first kappa shape index (κ1) is 10.9. The Labute approximate surface area is 103 Å². The van der Waals surface area contributed by atoms with Crippen molar-refractivity contribution in [3.8, 4) is 0 Å². The smallest absolute Gasteiger partial charge is 0.151 e. The van der Waals surface area contributed by atoms with Crippen molar-refractivity contribution in [3.63, 3.8) is 0 Å². The van der Waals surface area contributed by atoms with Gasteiger partial charge in [-0.05, 0) is 40.8 Å². The van der Waals surface area contributed by atoms with Crippen LogP contribution in [0.5, 0.6) is 0 Å². The third kappa shape index (κ3) is 2.49. The minimum absolute atomic E-state index is 0.757. The maximum Gasteiger partial charge on any atom is 0.151 e. The number of hydrogen-bond acceptors (Lipinski definition) is 3. The van der Waals surface area contributed by atoms with E-state index >= 15 is 0 Å². The van der Waals surface area contributed by atoms with Crippen LogP contribution >= 0.6 is 22.6 Å². The fourth-order valence-electron chi connectivity index (χ4n) is 1.63. The van der Waals surface area contributed by atoms with E-state index in [1.54, 1.807) is 0 Å². The number of benzene rings is 1. The van der Waals surface area contributed by atoms with Crippen molar-refractivity contribution in [1.29, 1.82) is 0 Å². The van der Waals surface area contributed by atoms with Crippen molar-refractivity contribution in [2.75, 3.05) is 31.2 Å². The van der Waals surface area contributed by atoms with Gasteiger partial charge < -0.3 is 9.64 Å². The average molecular weight is 317 g/mol. The highest BCUT2D eigenvalue weighted by atomic mass is 127. The van der Waals surface area contributed by atoms with Crippen LogP contribution in [0, 0.1) is 3.57 Å². The quantitative estimate of drug-likeness (QED) is 0.617. The molecule has 0 aliphatic carbocycles. The Morgan fingerprint density at radius 1 is 1.33 bits per heavy atom. The molecular formula is C11H12INO2. The highest BCUT2D eigenvalue weighted by Gasteiger charge is 2.11. The van der Waals surface area contributed by atoms with Crippen molar-refractivity contribution < 1.29 is 9.53 Å². The zero-order valence-corrected chi connectivity index (χ0v) is 10.4. The lowest BCUT2D eigenvalue weighted by atomic mass is 10.2. The summed E-state index contributed by atoms with van der Waals surface area (Å²) in [6.07, 6.45) is 0.894. The van der Waals surface area contributed by atoms with E-state index in [2.05, 4.69) is 33.6 Å². The standard InChI is InChI=1S/C11H12INO2/c12-11-7-10(2-1-9(11)8-14)13-3-5-15-6-4-13/h1-2,7-8H,3-6H2. The largest absolute Gasteiger partial charge is 0.378 e. The molecule has 2 rings (SSSR count). The molecule has 0 aromatic heterocycles. The highest BCUT2D eigenvalue weighted by molar-refractivity contribution is 14.1. The molecule has 0 amide bonds. The summed E-state index contributed by atoms with van der Waals surface area (Å²) >= 11 is 2.19. The second-order valence-corrected chi connectivity index (χ2v) is 4.59. The van der Waals surface area contributed by atoms with Crippen LogP contribution in [0.4, 0.5) is 5.69 Å². The molecule has 0 spiro atoms. The maximum absolute atomic E-state index is 10.7. The molecule has 0 N–H and O–H groups in total. The zero-order valence-electron chi connectivity index (χ0n) is 8.28. The summed E-state index contributed by atoms with van der Waals surface area (Å²) in [5.74, 6) is 0. The number of hydrogen-bond donors (Lipinski definition) is 0. The van der Waals surface area contributed by atoms with Gasteiger partial charge >= 0.3 is 0 Å². The fraction of sp³-hybridized carbons (Fsp3) is 0.364. The Morgan fingerprint density at radius 3 is 2.67 bits per heavy atom. The molecule has 0 saturated carbocycles. The molecule has 4 heteroatoms. The van der Waals surface area contributed by atoms with Gasteiger partial charge in [0.25, 0.3) is 0 Å². The van der Waals surface area contributed by atoms with Gasteiger partial charge in [-0.3, -0.25) is 4.79 Å². The first-order chi connectivity index (χ1) is 7.31. The van der Waals surface area contributed by atoms with Crippen LogP contribution in [-0.2, 0) is 4.74 Å². The molecule has 1 aliphatic heterocycles. The SMILES string of the molecule is O=Cc1ccc(N2CCOCC2)cc1I. The molecule has 1 heterocycles. The molecule has 0 bridgehead atoms. The number of carbonyl (C=O) groups excluding carboxylic acids is 1. The lowest BCUT2D eigenvalue weighted by Gasteiger charge is -2.29. The predicted octanol–water partition coefficient (Wildman–Crippen LogP) is 1.94. The first-order valence-electron chi connectivity index (χ1n) is 4.88. The van der Waals surface area contributed by atoms with Crippen LogP contribution in [0.3, 0.4) is 0 Å². The van der Waals surface area contributed by atoms with E-state index in [1.165, 1.54) is 5.69 Å². The van der Waals surface area contributed by atoms with E-state index < -0.39 is 0 Å². The van der Waals surface area contributed by atoms with Crippen LogP contribution in [0.1, 0.15) is 10.4 Å². The van der Waals surface area contributed by atoms with Crippen LogP contribution in [0.15, 0.2) is 18.2 Å². The van der Waals surface area contributed by atoms with Crippen LogP contribution in [0.2, 0.25) is 0 Å². The van der Waals surface area contributed by atoms with Gasteiger partial charge in [0.15, 0.2) is 6.29 Å². The Morgan fingerprint density at radius 2 is 2.07 bits per heavy atom. The molecule has 1 aromatic carbocycles. The van der Waals surface area contributed by atoms with E-state index in [0.717, 1.165) is 41.7 Å². The van der Waals surface area contributed by atoms with Gasteiger partial charge in [0.1, 0.15) is 0 Å². The predicted molar refractivity (Wildman–Crippen MR) is 67.6 cm³/mol. The van der Waals surface area contributed by atoms with E-state index in [4.69, 9.17) is 4.74 Å². The van der Waals surface area contributed by atoms with Gasteiger partial charge in [-0.15, -0.1) is 0 Å². The van der Waals surface area contributed by atoms with Gasteiger partial charge in [-0.25, -0.2) is 0 Å².